The van der Waals surface area contributed by atoms with Gasteiger partial charge in [0.1, 0.15) is 6.20 Å². The van der Waals surface area contributed by atoms with Crippen LogP contribution in [0.3, 0.4) is 0 Å². The molecule has 2 nitrogen and oxygen atoms in total. The highest BCUT2D eigenvalue weighted by atomic mass is 35.5. The Bertz CT molecular complexity index is 112. The smallest absolute Gasteiger partial charge is 0.114 e. The second kappa shape index (κ2) is 1.30. The summed E-state index contributed by atoms with van der Waals surface area (Å²) >= 11 is 5.23. The molecular formula is C3H2ClN2. The lowest BCUT2D eigenvalue weighted by molar-refractivity contribution is 0.989. The number of hydrogen-bond donors (Lipinski definition) is 0. The van der Waals surface area contributed by atoms with Crippen LogP contribution in [0.25, 0.3) is 0 Å². The Labute approximate surface area is 40.5 Å². The average molecular weight is 102 g/mol. The molecule has 1 rings (SSSR count). The molecule has 0 saturated carbocycles. The second-order valence-electron chi connectivity index (χ2n) is 0.833. The summed E-state index contributed by atoms with van der Waals surface area (Å²) in [5.41, 5.74) is 0. The lowest BCUT2D eigenvalue weighted by Gasteiger charge is -1.71. The molecule has 1 aromatic rings. The predicted molar refractivity (Wildman–Crippen MR) is 22.3 cm³/mol. The Morgan fingerprint density at radius 1 is 1.83 bits per heavy atom. The quantitative estimate of drug-likeness (QED) is 0.470. The summed E-state index contributed by atoms with van der Waals surface area (Å²) in [5, 5.41) is 3.47. The first-order valence-electron chi connectivity index (χ1n) is 1.47. The van der Waals surface area contributed by atoms with E-state index < -0.39 is 0 Å². The fraction of sp³-hybridized carbons (Fsp3) is 0. The van der Waals surface area contributed by atoms with Gasteiger partial charge in [-0.3, -0.25) is 0 Å². The average Bonchev–Trinajstić information content (AvgIpc) is 1.86. The van der Waals surface area contributed by atoms with Crippen LogP contribution in [0.15, 0.2) is 12.3 Å². The maximum Gasteiger partial charge on any atom is 0.114 e. The molecule has 0 saturated heterocycles. The van der Waals surface area contributed by atoms with Gasteiger partial charge in [0, 0.05) is 18.0 Å². The van der Waals surface area contributed by atoms with E-state index in [-0.39, 0.29) is 0 Å². The normalized spacial score (nSPS) is 8.83. The minimum absolute atomic E-state index is 1.17. The van der Waals surface area contributed by atoms with E-state index in [1.807, 2.05) is 0 Å². The second-order valence-corrected chi connectivity index (χ2v) is 1.18. The molecule has 1 radical (unpaired) electrons. The van der Waals surface area contributed by atoms with E-state index in [9.17, 15) is 0 Å². The zero-order chi connectivity index (χ0) is 4.41. The minimum Gasteiger partial charge on any atom is -0.179 e. The summed E-state index contributed by atoms with van der Waals surface area (Å²) in [4.78, 5) is 0. The molecule has 1 heterocycles. The topological polar surface area (TPSA) is 17.8 Å². The minimum atomic E-state index is 1.17. The summed E-state index contributed by atoms with van der Waals surface area (Å²) in [6.07, 6.45) is 4.11. The lowest BCUT2D eigenvalue weighted by Crippen LogP contribution is -1.73. The van der Waals surface area contributed by atoms with Crippen LogP contribution in [0.4, 0.5) is 0 Å². The molecule has 0 amide bonds. The van der Waals surface area contributed by atoms with Crippen LogP contribution in [0.1, 0.15) is 0 Å². The molecule has 0 fully saturated rings. The SMILES string of the molecule is Cln1cc[c]n1. The zero-order valence-electron chi connectivity index (χ0n) is 2.93. The Balaban J connectivity index is 3.05. The Kier molecular flexibility index (Phi) is 0.801. The van der Waals surface area contributed by atoms with Crippen molar-refractivity contribution in [1.29, 1.82) is 0 Å². The molecule has 0 aliphatic carbocycles. The van der Waals surface area contributed by atoms with Crippen LogP contribution in [0.5, 0.6) is 0 Å². The van der Waals surface area contributed by atoms with Crippen molar-refractivity contribution in [3.8, 4) is 0 Å². The number of rotatable bonds is 0. The van der Waals surface area contributed by atoms with Crippen molar-refractivity contribution in [2.45, 2.75) is 0 Å². The van der Waals surface area contributed by atoms with Crippen molar-refractivity contribution in [3.63, 3.8) is 0 Å². The van der Waals surface area contributed by atoms with Gasteiger partial charge in [0.25, 0.3) is 0 Å². The maximum absolute atomic E-state index is 5.23. The first kappa shape index (κ1) is 3.68. The number of aromatic nitrogens is 2. The predicted octanol–water partition coefficient (Wildman–Crippen LogP) is 0.685. The first-order valence-corrected chi connectivity index (χ1v) is 1.81. The molecule has 31 valence electrons. The fourth-order valence-electron chi connectivity index (χ4n) is 0.217. The third-order valence-electron chi connectivity index (χ3n) is 0.425. The highest BCUT2D eigenvalue weighted by molar-refractivity contribution is 6.14. The monoisotopic (exact) mass is 101 g/mol. The van der Waals surface area contributed by atoms with Gasteiger partial charge in [0.15, 0.2) is 0 Å². The van der Waals surface area contributed by atoms with Gasteiger partial charge in [-0.05, 0) is 6.07 Å². The van der Waals surface area contributed by atoms with Gasteiger partial charge in [0.05, 0.1) is 0 Å². The number of nitrogens with zero attached hydrogens (tertiary/aromatic N) is 2. The number of hydrogen-bond acceptors (Lipinski definition) is 1. The third-order valence-corrected chi connectivity index (χ3v) is 0.614. The van der Waals surface area contributed by atoms with E-state index in [4.69, 9.17) is 11.8 Å². The van der Waals surface area contributed by atoms with Crippen LogP contribution in [-0.2, 0) is 0 Å². The van der Waals surface area contributed by atoms with Crippen LogP contribution in [0.2, 0.25) is 0 Å². The summed E-state index contributed by atoms with van der Waals surface area (Å²) < 4.78 is 1.17. The van der Waals surface area contributed by atoms with Crippen LogP contribution < -0.4 is 0 Å². The van der Waals surface area contributed by atoms with E-state index in [1.54, 1.807) is 12.3 Å². The molecule has 0 aliphatic rings. The van der Waals surface area contributed by atoms with Gasteiger partial charge in [-0.25, -0.2) is 0 Å². The van der Waals surface area contributed by atoms with Gasteiger partial charge < -0.3 is 0 Å². The molecule has 1 aromatic heterocycles. The standard InChI is InChI=1S/C3H2ClN2/c4-6-3-1-2-5-6/h1,3H. The van der Waals surface area contributed by atoms with Crippen LogP contribution in [0, 0.1) is 6.20 Å². The van der Waals surface area contributed by atoms with E-state index in [0.29, 0.717) is 0 Å². The van der Waals surface area contributed by atoms with Crippen molar-refractivity contribution in [2.75, 3.05) is 0 Å². The highest BCUT2D eigenvalue weighted by Gasteiger charge is 1.73. The Morgan fingerprint density at radius 3 is 2.83 bits per heavy atom. The van der Waals surface area contributed by atoms with E-state index in [2.05, 4.69) is 11.3 Å². The van der Waals surface area contributed by atoms with Crippen molar-refractivity contribution in [1.82, 2.24) is 9.30 Å². The summed E-state index contributed by atoms with van der Waals surface area (Å²) in [6.45, 7) is 0. The van der Waals surface area contributed by atoms with Gasteiger partial charge in [0.2, 0.25) is 0 Å². The maximum atomic E-state index is 5.23. The molecule has 0 aliphatic heterocycles. The van der Waals surface area contributed by atoms with Crippen molar-refractivity contribution >= 4 is 11.8 Å². The van der Waals surface area contributed by atoms with E-state index in [0.717, 1.165) is 0 Å². The van der Waals surface area contributed by atoms with Crippen molar-refractivity contribution < 1.29 is 0 Å². The summed E-state index contributed by atoms with van der Waals surface area (Å²) in [5.74, 6) is 0. The molecule has 0 atom stereocenters. The van der Waals surface area contributed by atoms with E-state index >= 15 is 0 Å². The summed E-state index contributed by atoms with van der Waals surface area (Å²) in [7, 11) is 0. The molecule has 0 bridgehead atoms. The number of halogens is 1. The molecule has 3 heteroatoms. The Hall–Kier alpha value is -0.500. The summed E-state index contributed by atoms with van der Waals surface area (Å²) in [6, 6.07) is 1.63. The van der Waals surface area contributed by atoms with Gasteiger partial charge >= 0.3 is 0 Å². The molecule has 0 N–H and O–H groups in total. The molecule has 0 aromatic carbocycles. The lowest BCUT2D eigenvalue weighted by atomic mass is 10.8. The van der Waals surface area contributed by atoms with Gasteiger partial charge in [-0.2, -0.15) is 9.30 Å². The fourth-order valence-corrected chi connectivity index (χ4v) is 0.317. The molecule has 0 spiro atoms. The Morgan fingerprint density at radius 2 is 2.67 bits per heavy atom. The third kappa shape index (κ3) is 0.518. The molecule has 0 unspecified atom stereocenters. The van der Waals surface area contributed by atoms with Crippen molar-refractivity contribution in [2.24, 2.45) is 0 Å². The molecular weight excluding hydrogens is 99.5 g/mol. The van der Waals surface area contributed by atoms with Gasteiger partial charge in [-0.1, -0.05) is 0 Å². The van der Waals surface area contributed by atoms with Crippen molar-refractivity contribution in [3.05, 3.63) is 18.5 Å². The van der Waals surface area contributed by atoms with Gasteiger partial charge in [-0.15, -0.1) is 0 Å². The largest absolute Gasteiger partial charge is 0.179 e. The molecule has 6 heavy (non-hydrogen) atoms. The first-order chi connectivity index (χ1) is 2.89. The van der Waals surface area contributed by atoms with E-state index in [1.165, 1.54) is 4.20 Å². The van der Waals surface area contributed by atoms with Crippen LogP contribution in [-0.4, -0.2) is 9.30 Å². The highest BCUT2D eigenvalue weighted by Crippen LogP contribution is 1.81. The zero-order valence-corrected chi connectivity index (χ0v) is 3.68. The van der Waals surface area contributed by atoms with Crippen LogP contribution >= 0.6 is 11.8 Å².